The summed E-state index contributed by atoms with van der Waals surface area (Å²) >= 11 is 0. The zero-order chi connectivity index (χ0) is 15.2. The van der Waals surface area contributed by atoms with E-state index in [4.69, 9.17) is 9.47 Å². The van der Waals surface area contributed by atoms with Crippen LogP contribution in [0.2, 0.25) is 0 Å². The second-order valence-corrected chi connectivity index (χ2v) is 4.97. The van der Waals surface area contributed by atoms with Gasteiger partial charge in [-0.1, -0.05) is 24.3 Å². The average Bonchev–Trinajstić information content (AvgIpc) is 2.53. The second-order valence-electron chi connectivity index (χ2n) is 4.97. The summed E-state index contributed by atoms with van der Waals surface area (Å²) < 4.78 is 10.4. The molecular weight excluding hydrogens is 266 g/mol. The Hall–Kier alpha value is -2.07. The summed E-state index contributed by atoms with van der Waals surface area (Å²) in [5, 5.41) is 5.13. The topological polar surface area (TPSA) is 47.6 Å². The van der Waals surface area contributed by atoms with Gasteiger partial charge in [-0.05, 0) is 42.4 Å². The number of fused-ring (bicyclic) bond motifs is 1. The number of hydrogen-bond acceptors (Lipinski definition) is 4. The van der Waals surface area contributed by atoms with Crippen LogP contribution in [-0.4, -0.2) is 33.3 Å². The summed E-state index contributed by atoms with van der Waals surface area (Å²) in [5.41, 5.74) is 0.960. The molecule has 0 aliphatic carbocycles. The number of hydrogen-bond donors (Lipinski definition) is 1. The molecule has 0 fully saturated rings. The Kier molecular flexibility index (Phi) is 5.17. The molecule has 4 heteroatoms. The Bertz CT molecular complexity index is 624. The van der Waals surface area contributed by atoms with E-state index in [1.165, 1.54) is 0 Å². The Morgan fingerprint density at radius 3 is 2.62 bits per heavy atom. The average molecular weight is 287 g/mol. The highest BCUT2D eigenvalue weighted by molar-refractivity contribution is 5.86. The number of ether oxygens (including phenoxy) is 2. The molecule has 0 amide bonds. The zero-order valence-electron chi connectivity index (χ0n) is 12.7. The molecule has 0 aromatic heterocycles. The van der Waals surface area contributed by atoms with Gasteiger partial charge in [-0.3, -0.25) is 4.79 Å². The molecule has 1 atom stereocenters. The Balaban J connectivity index is 2.16. The van der Waals surface area contributed by atoms with Crippen LogP contribution in [0.1, 0.15) is 18.4 Å². The van der Waals surface area contributed by atoms with Crippen LogP contribution in [0.15, 0.2) is 36.4 Å². The molecule has 0 bridgehead atoms. The van der Waals surface area contributed by atoms with Gasteiger partial charge in [0.25, 0.3) is 0 Å². The number of rotatable bonds is 6. The van der Waals surface area contributed by atoms with Crippen molar-refractivity contribution in [3.05, 3.63) is 42.0 Å². The first kappa shape index (κ1) is 15.3. The molecule has 21 heavy (non-hydrogen) atoms. The van der Waals surface area contributed by atoms with Gasteiger partial charge in [-0.2, -0.15) is 0 Å². The summed E-state index contributed by atoms with van der Waals surface area (Å²) in [5.74, 6) is 0.362. The van der Waals surface area contributed by atoms with Crippen LogP contribution < -0.4 is 10.1 Å². The van der Waals surface area contributed by atoms with Crippen LogP contribution in [-0.2, 0) is 9.53 Å². The Morgan fingerprint density at radius 2 is 1.90 bits per heavy atom. The second kappa shape index (κ2) is 7.09. The van der Waals surface area contributed by atoms with E-state index in [2.05, 4.69) is 5.32 Å². The van der Waals surface area contributed by atoms with Crippen LogP contribution in [0.3, 0.4) is 0 Å². The molecule has 2 aromatic carbocycles. The molecule has 4 nitrogen and oxygen atoms in total. The van der Waals surface area contributed by atoms with Crippen LogP contribution in [0, 0.1) is 0 Å². The van der Waals surface area contributed by atoms with Crippen LogP contribution in [0.5, 0.6) is 5.75 Å². The van der Waals surface area contributed by atoms with Gasteiger partial charge in [-0.25, -0.2) is 0 Å². The monoisotopic (exact) mass is 287 g/mol. The summed E-state index contributed by atoms with van der Waals surface area (Å²) in [4.78, 5) is 12.0. The molecule has 0 saturated carbocycles. The van der Waals surface area contributed by atoms with Gasteiger partial charge >= 0.3 is 5.97 Å². The lowest BCUT2D eigenvalue weighted by molar-refractivity contribution is -0.144. The van der Waals surface area contributed by atoms with Crippen LogP contribution in [0.4, 0.5) is 0 Å². The molecule has 112 valence electrons. The van der Waals surface area contributed by atoms with E-state index in [1.54, 1.807) is 7.11 Å². The fourth-order valence-corrected chi connectivity index (χ4v) is 2.15. The molecule has 2 aromatic rings. The van der Waals surface area contributed by atoms with E-state index < -0.39 is 0 Å². The van der Waals surface area contributed by atoms with Gasteiger partial charge < -0.3 is 14.8 Å². The summed E-state index contributed by atoms with van der Waals surface area (Å²) in [7, 11) is 3.48. The lowest BCUT2D eigenvalue weighted by atomic mass is 9.98. The van der Waals surface area contributed by atoms with Crippen molar-refractivity contribution in [1.82, 2.24) is 5.32 Å². The summed E-state index contributed by atoms with van der Waals surface area (Å²) in [6.07, 6.45) is 0. The molecule has 1 unspecified atom stereocenters. The van der Waals surface area contributed by atoms with Crippen molar-refractivity contribution in [3.63, 3.8) is 0 Å². The number of carbonyl (C=O) groups is 1. The molecule has 0 spiro atoms. The highest BCUT2D eigenvalue weighted by Crippen LogP contribution is 2.25. The maximum atomic E-state index is 12.0. The smallest absolute Gasteiger partial charge is 0.313 e. The van der Waals surface area contributed by atoms with E-state index in [-0.39, 0.29) is 11.9 Å². The third-order valence-electron chi connectivity index (χ3n) is 3.52. The summed E-state index contributed by atoms with van der Waals surface area (Å²) in [6.45, 7) is 2.92. The number of esters is 1. The molecule has 2 rings (SSSR count). The fourth-order valence-electron chi connectivity index (χ4n) is 2.15. The minimum atomic E-state index is -0.270. The van der Waals surface area contributed by atoms with Crippen LogP contribution >= 0.6 is 0 Å². The van der Waals surface area contributed by atoms with Gasteiger partial charge in [0.05, 0.1) is 13.0 Å². The Labute approximate surface area is 125 Å². The number of nitrogens with one attached hydrogen (secondary N) is 1. The molecule has 1 N–H and O–H groups in total. The van der Waals surface area contributed by atoms with Gasteiger partial charge in [0.15, 0.2) is 0 Å². The highest BCUT2D eigenvalue weighted by Gasteiger charge is 2.16. The van der Waals surface area contributed by atoms with Gasteiger partial charge in [0.1, 0.15) is 12.4 Å². The lowest BCUT2D eigenvalue weighted by Crippen LogP contribution is -2.20. The quantitative estimate of drug-likeness (QED) is 0.655. The third kappa shape index (κ3) is 3.73. The standard InChI is InChI=1S/C17H21NO3/c1-12(17(19)21-9-8-18-2)13-4-5-15-11-16(20-3)7-6-14(15)10-13/h4-7,10-12,18H,8-9H2,1-3H3. The summed E-state index contributed by atoms with van der Waals surface area (Å²) in [6, 6.07) is 11.9. The van der Waals surface area contributed by atoms with E-state index in [9.17, 15) is 4.79 Å². The highest BCUT2D eigenvalue weighted by atomic mass is 16.5. The van der Waals surface area contributed by atoms with Crippen molar-refractivity contribution in [2.45, 2.75) is 12.8 Å². The predicted octanol–water partition coefficient (Wildman–Crippen LogP) is 2.71. The minimum absolute atomic E-state index is 0.196. The number of methoxy groups -OCH3 is 1. The van der Waals surface area contributed by atoms with Gasteiger partial charge in [0, 0.05) is 6.54 Å². The maximum Gasteiger partial charge on any atom is 0.313 e. The largest absolute Gasteiger partial charge is 0.497 e. The number of carbonyl (C=O) groups excluding carboxylic acids is 1. The van der Waals surface area contributed by atoms with Gasteiger partial charge in [0.2, 0.25) is 0 Å². The molecule has 0 heterocycles. The predicted molar refractivity (Wildman–Crippen MR) is 83.8 cm³/mol. The third-order valence-corrected chi connectivity index (χ3v) is 3.52. The van der Waals surface area contributed by atoms with Crippen molar-refractivity contribution >= 4 is 16.7 Å². The van der Waals surface area contributed by atoms with E-state index in [1.807, 2.05) is 50.4 Å². The minimum Gasteiger partial charge on any atom is -0.497 e. The van der Waals surface area contributed by atoms with Crippen LogP contribution in [0.25, 0.3) is 10.8 Å². The normalized spacial score (nSPS) is 12.1. The molecule has 0 aliphatic rings. The zero-order valence-corrected chi connectivity index (χ0v) is 12.7. The SMILES string of the molecule is CNCCOC(=O)C(C)c1ccc2cc(OC)ccc2c1. The van der Waals surface area contributed by atoms with E-state index in [0.29, 0.717) is 13.2 Å². The van der Waals surface area contributed by atoms with Crippen molar-refractivity contribution in [1.29, 1.82) is 0 Å². The molecular formula is C17H21NO3. The van der Waals surface area contributed by atoms with E-state index >= 15 is 0 Å². The van der Waals surface area contributed by atoms with Crippen molar-refractivity contribution in [3.8, 4) is 5.75 Å². The van der Waals surface area contributed by atoms with Crippen molar-refractivity contribution < 1.29 is 14.3 Å². The van der Waals surface area contributed by atoms with E-state index in [0.717, 1.165) is 22.1 Å². The molecule has 0 saturated heterocycles. The fraction of sp³-hybridized carbons (Fsp3) is 0.353. The number of likely N-dealkylation sites (N-methyl/N-ethyl adjacent to an activating group) is 1. The first-order valence-electron chi connectivity index (χ1n) is 7.04. The Morgan fingerprint density at radius 1 is 1.19 bits per heavy atom. The van der Waals surface area contributed by atoms with Crippen molar-refractivity contribution in [2.24, 2.45) is 0 Å². The number of benzene rings is 2. The van der Waals surface area contributed by atoms with Crippen molar-refractivity contribution in [2.75, 3.05) is 27.3 Å². The lowest BCUT2D eigenvalue weighted by Gasteiger charge is -2.13. The molecule has 0 aliphatic heterocycles. The first-order valence-corrected chi connectivity index (χ1v) is 7.04. The first-order chi connectivity index (χ1) is 10.2. The van der Waals surface area contributed by atoms with Gasteiger partial charge in [-0.15, -0.1) is 0 Å². The molecule has 0 radical (unpaired) electrons. The maximum absolute atomic E-state index is 12.0.